The van der Waals surface area contributed by atoms with Crippen LogP contribution >= 0.6 is 11.8 Å². The second-order valence-corrected chi connectivity index (χ2v) is 7.62. The molecule has 1 aliphatic rings. The third-order valence-electron chi connectivity index (χ3n) is 4.51. The first-order valence-corrected chi connectivity index (χ1v) is 10.2. The number of carbonyl (C=O) groups excluding carboxylic acids is 1. The van der Waals surface area contributed by atoms with Crippen LogP contribution in [0.1, 0.15) is 11.1 Å². The highest BCUT2D eigenvalue weighted by Crippen LogP contribution is 2.30. The molecular formula is C24H21N2OS+. The smallest absolute Gasteiger partial charge is 0.242 e. The molecule has 1 N–H and O–H groups in total. The van der Waals surface area contributed by atoms with Gasteiger partial charge in [0.25, 0.3) is 0 Å². The quantitative estimate of drug-likeness (QED) is 0.741. The molecule has 3 aromatic rings. The van der Waals surface area contributed by atoms with Gasteiger partial charge in [-0.3, -0.25) is 9.69 Å². The molecule has 0 atom stereocenters. The van der Waals surface area contributed by atoms with Crippen LogP contribution in [0.3, 0.4) is 0 Å². The molecule has 4 heteroatoms. The number of nitrogens with zero attached hydrogens (tertiary/aromatic N) is 1. The number of thioether (sulfide) groups is 1. The number of amides is 1. The van der Waals surface area contributed by atoms with Crippen molar-refractivity contribution < 1.29 is 9.79 Å². The summed E-state index contributed by atoms with van der Waals surface area (Å²) in [6.45, 7) is 2.07. The van der Waals surface area contributed by atoms with Gasteiger partial charge in [0.15, 0.2) is 0 Å². The summed E-state index contributed by atoms with van der Waals surface area (Å²) in [6.07, 6.45) is 2.07. The zero-order chi connectivity index (χ0) is 19.3. The van der Waals surface area contributed by atoms with Crippen LogP contribution in [0, 0.1) is 6.92 Å². The Labute approximate surface area is 169 Å². The normalized spacial score (nSPS) is 16.0. The predicted octanol–water partition coefficient (Wildman–Crippen LogP) is 3.93. The molecule has 0 aromatic heterocycles. The van der Waals surface area contributed by atoms with Gasteiger partial charge in [0, 0.05) is 23.9 Å². The van der Waals surface area contributed by atoms with Crippen molar-refractivity contribution in [3.8, 4) is 0 Å². The lowest BCUT2D eigenvalue weighted by atomic mass is 10.1. The lowest BCUT2D eigenvalue weighted by molar-refractivity contribution is -0.348. The van der Waals surface area contributed by atoms with Crippen molar-refractivity contribution in [3.63, 3.8) is 0 Å². The fourth-order valence-corrected chi connectivity index (χ4v) is 3.89. The molecule has 0 aliphatic carbocycles. The number of hydrogen-bond donors (Lipinski definition) is 1. The second-order valence-electron chi connectivity index (χ2n) is 6.60. The van der Waals surface area contributed by atoms with Gasteiger partial charge in [0.05, 0.1) is 11.4 Å². The van der Waals surface area contributed by atoms with Crippen molar-refractivity contribution in [2.24, 2.45) is 0 Å². The van der Waals surface area contributed by atoms with Crippen molar-refractivity contribution in [1.82, 2.24) is 0 Å². The maximum absolute atomic E-state index is 13.1. The minimum Gasteiger partial charge on any atom is -0.279 e. The van der Waals surface area contributed by atoms with Gasteiger partial charge in [-0.2, -0.15) is 4.99 Å². The van der Waals surface area contributed by atoms with E-state index >= 15 is 0 Å². The summed E-state index contributed by atoms with van der Waals surface area (Å²) in [5.74, 6) is 0.434. The van der Waals surface area contributed by atoms with Gasteiger partial charge in [0.2, 0.25) is 16.6 Å². The van der Waals surface area contributed by atoms with Crippen LogP contribution in [0.5, 0.6) is 0 Å². The largest absolute Gasteiger partial charge is 0.279 e. The van der Waals surface area contributed by atoms with E-state index < -0.39 is 0 Å². The molecule has 0 saturated heterocycles. The van der Waals surface area contributed by atoms with Crippen LogP contribution in [0.15, 0.2) is 91.0 Å². The molecular weight excluding hydrogens is 364 g/mol. The summed E-state index contributed by atoms with van der Waals surface area (Å²) in [5, 5.41) is 0.952. The van der Waals surface area contributed by atoms with E-state index in [4.69, 9.17) is 0 Å². The van der Waals surface area contributed by atoms with Crippen LogP contribution in [0.4, 0.5) is 11.4 Å². The van der Waals surface area contributed by atoms with Gasteiger partial charge in [-0.05, 0) is 36.4 Å². The van der Waals surface area contributed by atoms with Gasteiger partial charge in [0.1, 0.15) is 0 Å². The number of rotatable bonds is 3. The second kappa shape index (κ2) is 8.28. The first-order valence-electron chi connectivity index (χ1n) is 9.19. The molecule has 0 fully saturated rings. The maximum Gasteiger partial charge on any atom is 0.242 e. The number of aryl methyl sites for hydroxylation is 1. The topological polar surface area (TPSA) is 34.3 Å². The molecule has 0 bridgehead atoms. The van der Waals surface area contributed by atoms with E-state index in [0.29, 0.717) is 5.75 Å². The average molecular weight is 386 g/mol. The molecule has 3 aromatic carbocycles. The van der Waals surface area contributed by atoms with E-state index in [-0.39, 0.29) is 5.91 Å². The summed E-state index contributed by atoms with van der Waals surface area (Å²) in [6, 6.07) is 28.1. The Morgan fingerprint density at radius 3 is 2.18 bits per heavy atom. The first kappa shape index (κ1) is 18.3. The van der Waals surface area contributed by atoms with Crippen LogP contribution < -0.4 is 9.89 Å². The zero-order valence-corrected chi connectivity index (χ0v) is 16.4. The molecule has 138 valence electrons. The first-order chi connectivity index (χ1) is 13.7. The Hall–Kier alpha value is -3.11. The minimum absolute atomic E-state index is 0.0629. The third-order valence-corrected chi connectivity index (χ3v) is 5.43. The summed E-state index contributed by atoms with van der Waals surface area (Å²) in [4.78, 5) is 18.4. The molecule has 0 radical (unpaired) electrons. The van der Waals surface area contributed by atoms with Crippen molar-refractivity contribution in [3.05, 3.63) is 102 Å². The van der Waals surface area contributed by atoms with Crippen LogP contribution in [-0.4, -0.2) is 16.7 Å². The number of hydrogen-bond acceptors (Lipinski definition) is 2. The lowest BCUT2D eigenvalue weighted by Crippen LogP contribution is -2.65. The molecule has 1 heterocycles. The zero-order valence-electron chi connectivity index (χ0n) is 15.6. The summed E-state index contributed by atoms with van der Waals surface area (Å²) < 4.78 is 0. The van der Waals surface area contributed by atoms with E-state index in [1.54, 1.807) is 0 Å². The average Bonchev–Trinajstić information content (AvgIpc) is 2.89. The highest BCUT2D eigenvalue weighted by Gasteiger charge is 2.27. The van der Waals surface area contributed by atoms with Gasteiger partial charge < -0.3 is 0 Å². The Morgan fingerprint density at radius 2 is 1.50 bits per heavy atom. The molecule has 28 heavy (non-hydrogen) atoms. The fourth-order valence-electron chi connectivity index (χ4n) is 3.10. The Kier molecular flexibility index (Phi) is 5.40. The Bertz CT molecular complexity index is 1030. The van der Waals surface area contributed by atoms with Gasteiger partial charge in [-0.15, -0.1) is 0 Å². The number of anilines is 1. The van der Waals surface area contributed by atoms with Gasteiger partial charge in [-0.25, -0.2) is 0 Å². The van der Waals surface area contributed by atoms with Crippen molar-refractivity contribution >= 4 is 39.8 Å². The highest BCUT2D eigenvalue weighted by molar-refractivity contribution is 8.14. The number of carbonyl (C=O) groups is 1. The van der Waals surface area contributed by atoms with E-state index in [2.05, 4.69) is 42.3 Å². The molecule has 1 amide bonds. The van der Waals surface area contributed by atoms with Crippen LogP contribution in [-0.2, 0) is 4.79 Å². The van der Waals surface area contributed by atoms with Crippen molar-refractivity contribution in [2.75, 3.05) is 10.7 Å². The number of nitrogens with one attached hydrogen (secondary N) is 1. The van der Waals surface area contributed by atoms with Gasteiger partial charge >= 0.3 is 0 Å². The summed E-state index contributed by atoms with van der Waals surface area (Å²) in [5.41, 5.74) is 4.96. The van der Waals surface area contributed by atoms with E-state index in [1.807, 2.05) is 65.6 Å². The summed E-state index contributed by atoms with van der Waals surface area (Å²) >= 11 is 1.52. The molecule has 1 aliphatic heterocycles. The molecule has 3 nitrogen and oxygen atoms in total. The standard InChI is InChI=1S/C24H20N2OS/c1-18-12-14-19(15-13-18)22-16-23(25-20-8-4-2-5-9-20)28-17-24(27)26(22)21-10-6-3-7-11-21/h2-16H,17H2,1H3/p+1. The minimum atomic E-state index is 0.0629. The lowest BCUT2D eigenvalue weighted by Gasteiger charge is -2.24. The molecule has 0 spiro atoms. The van der Waals surface area contributed by atoms with E-state index in [9.17, 15) is 4.79 Å². The van der Waals surface area contributed by atoms with Crippen molar-refractivity contribution in [1.29, 1.82) is 0 Å². The molecule has 0 saturated carbocycles. The third kappa shape index (κ3) is 4.07. The molecule has 0 unspecified atom stereocenters. The van der Waals surface area contributed by atoms with E-state index in [1.165, 1.54) is 17.3 Å². The van der Waals surface area contributed by atoms with Crippen molar-refractivity contribution in [2.45, 2.75) is 6.92 Å². The fraction of sp³-hybridized carbons (Fsp3) is 0.0833. The predicted molar refractivity (Wildman–Crippen MR) is 118 cm³/mol. The number of benzene rings is 3. The van der Waals surface area contributed by atoms with Crippen LogP contribution in [0.25, 0.3) is 5.70 Å². The monoisotopic (exact) mass is 385 g/mol. The number of para-hydroxylation sites is 2. The van der Waals surface area contributed by atoms with Crippen LogP contribution in [0.2, 0.25) is 0 Å². The Morgan fingerprint density at radius 1 is 0.857 bits per heavy atom. The SMILES string of the molecule is Cc1ccc(C2=CC(=[NH+]c3ccccc3)SCC(=O)N2c2ccccc2)cc1. The Balaban J connectivity index is 1.85. The highest BCUT2D eigenvalue weighted by atomic mass is 32.2. The summed E-state index contributed by atoms with van der Waals surface area (Å²) in [7, 11) is 0. The maximum atomic E-state index is 13.1. The van der Waals surface area contributed by atoms with E-state index in [0.717, 1.165) is 27.7 Å². The van der Waals surface area contributed by atoms with Gasteiger partial charge in [-0.1, -0.05) is 66.2 Å². The molecule has 4 rings (SSSR count).